The van der Waals surface area contributed by atoms with Crippen molar-refractivity contribution in [2.45, 2.75) is 39.8 Å². The highest BCUT2D eigenvalue weighted by Crippen LogP contribution is 2.62. The van der Waals surface area contributed by atoms with Gasteiger partial charge in [-0.25, -0.2) is 0 Å². The van der Waals surface area contributed by atoms with Crippen LogP contribution < -0.4 is 10.1 Å². The lowest BCUT2D eigenvalue weighted by molar-refractivity contribution is 0.105. The number of nitrogens with one attached hydrogen (secondary N) is 1. The second-order valence-electron chi connectivity index (χ2n) is 6.83. The molecule has 2 N–H and O–H groups in total. The van der Waals surface area contributed by atoms with Gasteiger partial charge in [0.05, 0.1) is 10.0 Å². The van der Waals surface area contributed by atoms with Gasteiger partial charge in [0.1, 0.15) is 18.5 Å². The average Bonchev–Trinajstić information content (AvgIpc) is 2.78. The van der Waals surface area contributed by atoms with Crippen molar-refractivity contribution in [2.24, 2.45) is 10.8 Å². The summed E-state index contributed by atoms with van der Waals surface area (Å²) in [4.78, 5) is 0. The predicted molar refractivity (Wildman–Crippen MR) is 87.3 cm³/mol. The van der Waals surface area contributed by atoms with Crippen molar-refractivity contribution in [1.29, 1.82) is 0 Å². The number of aliphatic hydroxyl groups excluding tert-OH is 1. The molecular weight excluding hydrogens is 309 g/mol. The first-order valence-electron chi connectivity index (χ1n) is 7.15. The Morgan fingerprint density at radius 3 is 2.33 bits per heavy atom. The van der Waals surface area contributed by atoms with Crippen LogP contribution in [0.4, 0.5) is 0 Å². The van der Waals surface area contributed by atoms with Crippen LogP contribution in [0.3, 0.4) is 0 Å². The Balaban J connectivity index is 1.76. The summed E-state index contributed by atoms with van der Waals surface area (Å²) in [5.74, 6) is 0.607. The molecule has 3 nitrogen and oxygen atoms in total. The van der Waals surface area contributed by atoms with Gasteiger partial charge in [-0.05, 0) is 23.0 Å². The Bertz CT molecular complexity index is 503. The fourth-order valence-corrected chi connectivity index (χ4v) is 3.07. The van der Waals surface area contributed by atoms with Crippen LogP contribution >= 0.6 is 23.2 Å². The maximum Gasteiger partial charge on any atom is 0.121 e. The van der Waals surface area contributed by atoms with Crippen molar-refractivity contribution < 1.29 is 9.84 Å². The summed E-state index contributed by atoms with van der Waals surface area (Å²) < 4.78 is 5.53. The van der Waals surface area contributed by atoms with Crippen LogP contribution in [0.5, 0.6) is 5.75 Å². The maximum absolute atomic E-state index is 10.0. The second kappa shape index (κ2) is 5.96. The molecule has 0 aliphatic heterocycles. The highest BCUT2D eigenvalue weighted by atomic mass is 35.5. The molecule has 1 unspecified atom stereocenters. The van der Waals surface area contributed by atoms with E-state index in [0.29, 0.717) is 28.4 Å². The van der Waals surface area contributed by atoms with Crippen LogP contribution in [0.25, 0.3) is 0 Å². The van der Waals surface area contributed by atoms with Gasteiger partial charge < -0.3 is 15.2 Å². The van der Waals surface area contributed by atoms with Crippen LogP contribution in [-0.4, -0.2) is 30.4 Å². The third-order valence-electron chi connectivity index (χ3n) is 4.91. The van der Waals surface area contributed by atoms with Gasteiger partial charge in [0.25, 0.3) is 0 Å². The normalized spacial score (nSPS) is 21.1. The highest BCUT2D eigenvalue weighted by molar-refractivity contribution is 6.42. The number of ether oxygens (including phenoxy) is 1. The summed E-state index contributed by atoms with van der Waals surface area (Å²) >= 11 is 11.8. The Hall–Kier alpha value is -0.480. The van der Waals surface area contributed by atoms with E-state index in [2.05, 4.69) is 33.0 Å². The minimum absolute atomic E-state index is 0.221. The molecule has 2 rings (SSSR count). The standard InChI is InChI=1S/C16H23Cl2NO2/c1-15(2)14(16(15,3)4)19-8-10(20)9-21-11-5-6-12(17)13(18)7-11/h5-7,10,14,19-20H,8-9H2,1-4H3. The lowest BCUT2D eigenvalue weighted by Crippen LogP contribution is -2.34. The molecule has 1 atom stereocenters. The Kier molecular flexibility index (Phi) is 4.79. The predicted octanol–water partition coefficient (Wildman–Crippen LogP) is 3.76. The quantitative estimate of drug-likeness (QED) is 0.833. The van der Waals surface area contributed by atoms with Crippen molar-refractivity contribution in [2.75, 3.05) is 13.2 Å². The van der Waals surface area contributed by atoms with E-state index in [9.17, 15) is 5.11 Å². The van der Waals surface area contributed by atoms with Crippen molar-refractivity contribution in [3.05, 3.63) is 28.2 Å². The zero-order valence-corrected chi connectivity index (χ0v) is 14.4. The summed E-state index contributed by atoms with van der Waals surface area (Å²) in [5, 5.41) is 14.4. The number of aliphatic hydroxyl groups is 1. The zero-order valence-electron chi connectivity index (χ0n) is 12.9. The van der Waals surface area contributed by atoms with Gasteiger partial charge in [-0.3, -0.25) is 0 Å². The molecule has 1 fully saturated rings. The first-order chi connectivity index (χ1) is 9.66. The lowest BCUT2D eigenvalue weighted by Gasteiger charge is -2.14. The third-order valence-corrected chi connectivity index (χ3v) is 5.65. The summed E-state index contributed by atoms with van der Waals surface area (Å²) in [5.41, 5.74) is 0.522. The number of halogens is 2. The van der Waals surface area contributed by atoms with Crippen LogP contribution in [0.1, 0.15) is 27.7 Å². The van der Waals surface area contributed by atoms with E-state index < -0.39 is 6.10 Å². The number of rotatable bonds is 6. The summed E-state index contributed by atoms with van der Waals surface area (Å²) in [7, 11) is 0. The molecule has 0 spiro atoms. The zero-order chi connectivity index (χ0) is 15.8. The highest BCUT2D eigenvalue weighted by Gasteiger charge is 2.64. The van der Waals surface area contributed by atoms with Crippen LogP contribution in [-0.2, 0) is 0 Å². The summed E-state index contributed by atoms with van der Waals surface area (Å²) in [6, 6.07) is 5.49. The number of hydrogen-bond donors (Lipinski definition) is 2. The largest absolute Gasteiger partial charge is 0.491 e. The van der Waals surface area contributed by atoms with Gasteiger partial charge in [0, 0.05) is 18.7 Å². The molecule has 5 heteroatoms. The van der Waals surface area contributed by atoms with Gasteiger partial charge in [0.2, 0.25) is 0 Å². The third kappa shape index (κ3) is 3.48. The van der Waals surface area contributed by atoms with E-state index in [-0.39, 0.29) is 17.4 Å². The maximum atomic E-state index is 10.0. The van der Waals surface area contributed by atoms with E-state index in [1.165, 1.54) is 0 Å². The van der Waals surface area contributed by atoms with E-state index in [4.69, 9.17) is 27.9 Å². The van der Waals surface area contributed by atoms with Gasteiger partial charge >= 0.3 is 0 Å². The SMILES string of the molecule is CC1(C)C(NCC(O)COc2ccc(Cl)c(Cl)c2)C1(C)C. The molecule has 1 aromatic rings. The summed E-state index contributed by atoms with van der Waals surface area (Å²) in [6.45, 7) is 9.69. The van der Waals surface area contributed by atoms with Crippen molar-refractivity contribution in [3.8, 4) is 5.75 Å². The van der Waals surface area contributed by atoms with Gasteiger partial charge in [-0.2, -0.15) is 0 Å². The molecule has 0 aromatic heterocycles. The molecular formula is C16H23Cl2NO2. The Morgan fingerprint density at radius 1 is 1.19 bits per heavy atom. The average molecular weight is 332 g/mol. The number of hydrogen-bond acceptors (Lipinski definition) is 3. The molecule has 1 aromatic carbocycles. The first kappa shape index (κ1) is 16.9. The van der Waals surface area contributed by atoms with Crippen molar-refractivity contribution in [3.63, 3.8) is 0 Å². The van der Waals surface area contributed by atoms with Gasteiger partial charge in [-0.15, -0.1) is 0 Å². The lowest BCUT2D eigenvalue weighted by atomic mass is 10.0. The minimum Gasteiger partial charge on any atom is -0.491 e. The molecule has 1 aliphatic rings. The van der Waals surface area contributed by atoms with E-state index in [1.807, 2.05) is 0 Å². The minimum atomic E-state index is -0.563. The molecule has 0 radical (unpaired) electrons. The van der Waals surface area contributed by atoms with Crippen LogP contribution in [0.15, 0.2) is 18.2 Å². The molecule has 21 heavy (non-hydrogen) atoms. The van der Waals surface area contributed by atoms with E-state index in [0.717, 1.165) is 0 Å². The Morgan fingerprint density at radius 2 is 1.81 bits per heavy atom. The van der Waals surface area contributed by atoms with Gasteiger partial charge in [0.15, 0.2) is 0 Å². The molecule has 0 saturated heterocycles. The molecule has 0 amide bonds. The molecule has 0 bridgehead atoms. The van der Waals surface area contributed by atoms with E-state index in [1.54, 1.807) is 18.2 Å². The topological polar surface area (TPSA) is 41.5 Å². The number of benzene rings is 1. The Labute approximate surface area is 136 Å². The second-order valence-corrected chi connectivity index (χ2v) is 7.64. The van der Waals surface area contributed by atoms with Crippen LogP contribution in [0.2, 0.25) is 10.0 Å². The monoisotopic (exact) mass is 331 g/mol. The van der Waals surface area contributed by atoms with Crippen molar-refractivity contribution in [1.82, 2.24) is 5.32 Å². The molecule has 1 aliphatic carbocycles. The molecule has 1 saturated carbocycles. The molecule has 0 heterocycles. The van der Waals surface area contributed by atoms with E-state index >= 15 is 0 Å². The van der Waals surface area contributed by atoms with Crippen molar-refractivity contribution >= 4 is 23.2 Å². The smallest absolute Gasteiger partial charge is 0.121 e. The first-order valence-corrected chi connectivity index (χ1v) is 7.91. The van der Waals surface area contributed by atoms with Crippen LogP contribution in [0, 0.1) is 10.8 Å². The summed E-state index contributed by atoms with van der Waals surface area (Å²) in [6.07, 6.45) is -0.563. The molecule has 118 valence electrons. The fourth-order valence-electron chi connectivity index (χ4n) is 2.78. The van der Waals surface area contributed by atoms with Gasteiger partial charge in [-0.1, -0.05) is 50.9 Å². The fraction of sp³-hybridized carbons (Fsp3) is 0.625.